The summed E-state index contributed by atoms with van der Waals surface area (Å²) in [5, 5.41) is 0. The van der Waals surface area contributed by atoms with Gasteiger partial charge in [0.15, 0.2) is 0 Å². The van der Waals surface area contributed by atoms with E-state index in [9.17, 15) is 13.2 Å². The highest BCUT2D eigenvalue weighted by atomic mass is 35.5. The predicted octanol–water partition coefficient (Wildman–Crippen LogP) is 1.46. The van der Waals surface area contributed by atoms with Crippen LogP contribution in [0.4, 0.5) is 0 Å². The number of nitrogens with two attached hydrogens (primary N) is 1. The smallest absolute Gasteiger partial charge is 0.239 e. The van der Waals surface area contributed by atoms with Gasteiger partial charge in [0, 0.05) is 26.2 Å². The molecule has 1 heterocycles. The summed E-state index contributed by atoms with van der Waals surface area (Å²) in [6, 6.07) is 8.64. The summed E-state index contributed by atoms with van der Waals surface area (Å²) in [6.45, 7) is 5.52. The van der Waals surface area contributed by atoms with Gasteiger partial charge in [-0.15, -0.1) is 12.4 Å². The Bertz CT molecular complexity index is 644. The molecule has 1 aromatic rings. The van der Waals surface area contributed by atoms with E-state index in [4.69, 9.17) is 5.73 Å². The Hall–Kier alpha value is -1.15. The number of rotatable bonds is 6. The lowest BCUT2D eigenvalue weighted by atomic mass is 10.0. The topological polar surface area (TPSA) is 83.7 Å². The van der Waals surface area contributed by atoms with Crippen molar-refractivity contribution < 1.29 is 13.2 Å². The maximum atomic E-state index is 12.5. The van der Waals surface area contributed by atoms with Gasteiger partial charge in [0.1, 0.15) is 0 Å². The maximum Gasteiger partial charge on any atom is 0.239 e. The van der Waals surface area contributed by atoms with Gasteiger partial charge in [-0.2, -0.15) is 4.31 Å². The molecule has 0 saturated carbocycles. The van der Waals surface area contributed by atoms with E-state index >= 15 is 0 Å². The standard InChI is InChI=1S/C17H27N3O3S.ClH/c1-14(2)12-16(18)17(21)19-8-10-20(11-9-19)24(22,23)13-15-6-4-3-5-7-15;/h3-7,14,16H,8-13,18H2,1-2H3;1H/t16-;/m0./s1. The molecule has 0 aliphatic carbocycles. The van der Waals surface area contributed by atoms with E-state index in [0.717, 1.165) is 5.56 Å². The molecule has 6 nitrogen and oxygen atoms in total. The molecule has 0 radical (unpaired) electrons. The molecule has 1 amide bonds. The van der Waals surface area contributed by atoms with Crippen molar-refractivity contribution in [3.8, 4) is 0 Å². The van der Waals surface area contributed by atoms with Crippen molar-refractivity contribution in [3.05, 3.63) is 35.9 Å². The van der Waals surface area contributed by atoms with Crippen LogP contribution < -0.4 is 5.73 Å². The van der Waals surface area contributed by atoms with Crippen LogP contribution in [-0.2, 0) is 20.6 Å². The SMILES string of the molecule is CC(C)C[C@H](N)C(=O)N1CCN(S(=O)(=O)Cc2ccccc2)CC1.Cl. The minimum Gasteiger partial charge on any atom is -0.339 e. The molecule has 0 unspecified atom stereocenters. The van der Waals surface area contributed by atoms with E-state index in [1.54, 1.807) is 4.90 Å². The van der Waals surface area contributed by atoms with E-state index in [-0.39, 0.29) is 24.1 Å². The van der Waals surface area contributed by atoms with Gasteiger partial charge in [0.2, 0.25) is 15.9 Å². The van der Waals surface area contributed by atoms with Gasteiger partial charge < -0.3 is 10.6 Å². The second kappa shape index (κ2) is 9.52. The van der Waals surface area contributed by atoms with Gasteiger partial charge in [0.25, 0.3) is 0 Å². The van der Waals surface area contributed by atoms with Crippen LogP contribution in [0.2, 0.25) is 0 Å². The van der Waals surface area contributed by atoms with Crippen LogP contribution >= 0.6 is 12.4 Å². The highest BCUT2D eigenvalue weighted by Crippen LogP contribution is 2.15. The average Bonchev–Trinajstić information content (AvgIpc) is 2.54. The van der Waals surface area contributed by atoms with Crippen molar-refractivity contribution in [2.45, 2.75) is 32.1 Å². The van der Waals surface area contributed by atoms with Crippen LogP contribution in [0.15, 0.2) is 30.3 Å². The van der Waals surface area contributed by atoms with Gasteiger partial charge in [-0.3, -0.25) is 4.79 Å². The molecule has 0 bridgehead atoms. The van der Waals surface area contributed by atoms with Crippen molar-refractivity contribution in [1.82, 2.24) is 9.21 Å². The number of sulfonamides is 1. The van der Waals surface area contributed by atoms with Crippen molar-refractivity contribution in [1.29, 1.82) is 0 Å². The van der Waals surface area contributed by atoms with Crippen molar-refractivity contribution in [3.63, 3.8) is 0 Å². The molecular formula is C17H28ClN3O3S. The number of amides is 1. The predicted molar refractivity (Wildman–Crippen MR) is 102 cm³/mol. The highest BCUT2D eigenvalue weighted by molar-refractivity contribution is 7.88. The van der Waals surface area contributed by atoms with Gasteiger partial charge in [-0.1, -0.05) is 44.2 Å². The Kier molecular flexibility index (Phi) is 8.34. The fourth-order valence-electron chi connectivity index (χ4n) is 2.91. The second-order valence-electron chi connectivity index (χ2n) is 6.70. The molecule has 1 saturated heterocycles. The van der Waals surface area contributed by atoms with E-state index in [2.05, 4.69) is 0 Å². The van der Waals surface area contributed by atoms with Gasteiger partial charge >= 0.3 is 0 Å². The second-order valence-corrected chi connectivity index (χ2v) is 8.67. The first-order valence-corrected chi connectivity index (χ1v) is 9.96. The Morgan fingerprint density at radius 3 is 2.20 bits per heavy atom. The van der Waals surface area contributed by atoms with E-state index < -0.39 is 16.1 Å². The third-order valence-electron chi connectivity index (χ3n) is 4.18. The number of hydrogen-bond acceptors (Lipinski definition) is 4. The molecule has 25 heavy (non-hydrogen) atoms. The fraction of sp³-hybridized carbons (Fsp3) is 0.588. The number of carbonyl (C=O) groups excluding carboxylic acids is 1. The first-order chi connectivity index (χ1) is 11.3. The first kappa shape index (κ1) is 21.9. The molecule has 2 rings (SSSR count). The molecule has 142 valence electrons. The molecule has 8 heteroatoms. The van der Waals surface area contributed by atoms with Crippen molar-refractivity contribution in [2.24, 2.45) is 11.7 Å². The Labute approximate surface area is 156 Å². The minimum absolute atomic E-state index is 0. The number of halogens is 1. The summed E-state index contributed by atoms with van der Waals surface area (Å²) in [6.07, 6.45) is 0.644. The molecule has 1 aliphatic rings. The van der Waals surface area contributed by atoms with E-state index in [1.807, 2.05) is 44.2 Å². The normalized spacial score (nSPS) is 17.2. The van der Waals surface area contributed by atoms with E-state index in [0.29, 0.717) is 38.5 Å². The number of nitrogens with zero attached hydrogens (tertiary/aromatic N) is 2. The molecule has 2 N–H and O–H groups in total. The molecule has 0 aromatic heterocycles. The summed E-state index contributed by atoms with van der Waals surface area (Å²) in [5.41, 5.74) is 6.72. The zero-order chi connectivity index (χ0) is 17.7. The van der Waals surface area contributed by atoms with Gasteiger partial charge in [0.05, 0.1) is 11.8 Å². The monoisotopic (exact) mass is 389 g/mol. The minimum atomic E-state index is -3.36. The lowest BCUT2D eigenvalue weighted by Crippen LogP contribution is -2.54. The van der Waals surface area contributed by atoms with E-state index in [1.165, 1.54) is 4.31 Å². The van der Waals surface area contributed by atoms with Crippen molar-refractivity contribution >= 4 is 28.3 Å². The summed E-state index contributed by atoms with van der Waals surface area (Å²) in [4.78, 5) is 14.0. The zero-order valence-electron chi connectivity index (χ0n) is 14.8. The largest absolute Gasteiger partial charge is 0.339 e. The van der Waals surface area contributed by atoms with Gasteiger partial charge in [-0.25, -0.2) is 8.42 Å². The van der Waals surface area contributed by atoms with Crippen LogP contribution in [-0.4, -0.2) is 55.8 Å². The van der Waals surface area contributed by atoms with Crippen LogP contribution in [0.3, 0.4) is 0 Å². The molecule has 0 spiro atoms. The van der Waals surface area contributed by atoms with Gasteiger partial charge in [-0.05, 0) is 17.9 Å². The number of piperazine rings is 1. The maximum absolute atomic E-state index is 12.5. The summed E-state index contributed by atoms with van der Waals surface area (Å²) in [5.74, 6) is 0.273. The zero-order valence-corrected chi connectivity index (χ0v) is 16.4. The highest BCUT2D eigenvalue weighted by Gasteiger charge is 2.30. The Morgan fingerprint density at radius 2 is 1.68 bits per heavy atom. The summed E-state index contributed by atoms with van der Waals surface area (Å²) < 4.78 is 26.5. The van der Waals surface area contributed by atoms with Crippen LogP contribution in [0.1, 0.15) is 25.8 Å². The Balaban J connectivity index is 0.00000312. The summed E-state index contributed by atoms with van der Waals surface area (Å²) in [7, 11) is -3.36. The lowest BCUT2D eigenvalue weighted by molar-refractivity contribution is -0.134. The first-order valence-electron chi connectivity index (χ1n) is 8.35. The number of benzene rings is 1. The van der Waals surface area contributed by atoms with Crippen LogP contribution in [0, 0.1) is 5.92 Å². The lowest BCUT2D eigenvalue weighted by Gasteiger charge is -2.35. The average molecular weight is 390 g/mol. The molecule has 1 aromatic carbocycles. The summed E-state index contributed by atoms with van der Waals surface area (Å²) >= 11 is 0. The van der Waals surface area contributed by atoms with Crippen LogP contribution in [0.25, 0.3) is 0 Å². The molecule has 1 fully saturated rings. The number of hydrogen-bond donors (Lipinski definition) is 1. The molecular weight excluding hydrogens is 362 g/mol. The fourth-order valence-corrected chi connectivity index (χ4v) is 4.42. The third-order valence-corrected chi connectivity index (χ3v) is 6.03. The van der Waals surface area contributed by atoms with Crippen molar-refractivity contribution in [2.75, 3.05) is 26.2 Å². The molecule has 1 aliphatic heterocycles. The molecule has 1 atom stereocenters. The third kappa shape index (κ3) is 6.26. The quantitative estimate of drug-likeness (QED) is 0.798. The van der Waals surface area contributed by atoms with Crippen LogP contribution in [0.5, 0.6) is 0 Å². The number of carbonyl (C=O) groups is 1. The Morgan fingerprint density at radius 1 is 1.12 bits per heavy atom.